The van der Waals surface area contributed by atoms with E-state index in [2.05, 4.69) is 5.10 Å². The summed E-state index contributed by atoms with van der Waals surface area (Å²) in [5.74, 6) is 0.947. The van der Waals surface area contributed by atoms with E-state index in [0.717, 1.165) is 0 Å². The minimum atomic E-state index is 0.124. The number of nitrogen functional groups attached to an aromatic ring is 1. The molecule has 3 N–H and O–H groups in total. The minimum Gasteiger partial charge on any atom is -0.506 e. The minimum absolute atomic E-state index is 0.124. The average molecular weight is 205 g/mol. The quantitative estimate of drug-likeness (QED) is 0.771. The predicted octanol–water partition coefficient (Wildman–Crippen LogP) is 1.17. The van der Waals surface area contributed by atoms with Crippen LogP contribution in [-0.4, -0.2) is 22.0 Å². The van der Waals surface area contributed by atoms with E-state index in [-0.39, 0.29) is 5.75 Å². The van der Waals surface area contributed by atoms with Gasteiger partial charge in [0.15, 0.2) is 0 Å². The Labute approximate surface area is 86.7 Å². The van der Waals surface area contributed by atoms with Crippen LogP contribution in [0.15, 0.2) is 30.3 Å². The number of benzene rings is 1. The number of nitrogens with zero attached hydrogens (tertiary/aromatic N) is 2. The second-order valence-corrected chi connectivity index (χ2v) is 3.01. The topological polar surface area (TPSA) is 73.3 Å². The second-order valence-electron chi connectivity index (χ2n) is 3.01. The van der Waals surface area contributed by atoms with Gasteiger partial charge in [0.1, 0.15) is 17.3 Å². The summed E-state index contributed by atoms with van der Waals surface area (Å²) in [6.07, 6.45) is 0. The standard InChI is InChI=1S/C10H11N3O2/c1-15-10-6-9(11)12-13(10)7-4-2-3-5-8(7)14/h2-6,14H,1H3,(H2,11,12). The fourth-order valence-corrected chi connectivity index (χ4v) is 1.34. The Morgan fingerprint density at radius 3 is 2.80 bits per heavy atom. The van der Waals surface area contributed by atoms with Crippen LogP contribution in [-0.2, 0) is 0 Å². The Bertz CT molecular complexity index is 479. The number of para-hydroxylation sites is 2. The second kappa shape index (κ2) is 3.53. The van der Waals surface area contributed by atoms with Crippen LogP contribution in [0.4, 0.5) is 5.82 Å². The van der Waals surface area contributed by atoms with Gasteiger partial charge >= 0.3 is 0 Å². The lowest BCUT2D eigenvalue weighted by Gasteiger charge is -2.06. The molecular formula is C10H11N3O2. The summed E-state index contributed by atoms with van der Waals surface area (Å²) >= 11 is 0. The van der Waals surface area contributed by atoms with Crippen molar-refractivity contribution in [1.82, 2.24) is 9.78 Å². The number of ether oxygens (including phenoxy) is 1. The summed E-state index contributed by atoms with van der Waals surface area (Å²) in [5.41, 5.74) is 6.08. The number of hydrogen-bond donors (Lipinski definition) is 2. The molecule has 0 unspecified atom stereocenters. The molecule has 5 nitrogen and oxygen atoms in total. The van der Waals surface area contributed by atoms with Crippen molar-refractivity contribution in [3.8, 4) is 17.3 Å². The van der Waals surface area contributed by atoms with Gasteiger partial charge in [-0.15, -0.1) is 5.10 Å². The SMILES string of the molecule is COc1cc(N)nn1-c1ccccc1O. The molecule has 0 amide bonds. The summed E-state index contributed by atoms with van der Waals surface area (Å²) in [6.45, 7) is 0. The molecule has 0 fully saturated rings. The lowest BCUT2D eigenvalue weighted by Crippen LogP contribution is -2.00. The van der Waals surface area contributed by atoms with Crippen molar-refractivity contribution < 1.29 is 9.84 Å². The van der Waals surface area contributed by atoms with E-state index in [9.17, 15) is 5.11 Å². The first-order chi connectivity index (χ1) is 7.22. The zero-order valence-corrected chi connectivity index (χ0v) is 8.21. The Kier molecular flexibility index (Phi) is 2.21. The zero-order valence-electron chi connectivity index (χ0n) is 8.21. The fraction of sp³-hybridized carbons (Fsp3) is 0.100. The number of hydrogen-bond acceptors (Lipinski definition) is 4. The van der Waals surface area contributed by atoms with Gasteiger partial charge in [-0.25, -0.2) is 0 Å². The van der Waals surface area contributed by atoms with Crippen molar-refractivity contribution in [2.75, 3.05) is 12.8 Å². The summed E-state index contributed by atoms with van der Waals surface area (Å²) in [4.78, 5) is 0. The van der Waals surface area contributed by atoms with Crippen molar-refractivity contribution in [3.05, 3.63) is 30.3 Å². The van der Waals surface area contributed by atoms with E-state index in [0.29, 0.717) is 17.4 Å². The predicted molar refractivity (Wildman–Crippen MR) is 56.2 cm³/mol. The molecular weight excluding hydrogens is 194 g/mol. The first-order valence-corrected chi connectivity index (χ1v) is 4.40. The van der Waals surface area contributed by atoms with Gasteiger partial charge in [-0.1, -0.05) is 12.1 Å². The van der Waals surface area contributed by atoms with Gasteiger partial charge in [0.2, 0.25) is 5.88 Å². The molecule has 0 radical (unpaired) electrons. The van der Waals surface area contributed by atoms with Crippen LogP contribution >= 0.6 is 0 Å². The van der Waals surface area contributed by atoms with Crippen LogP contribution in [0.2, 0.25) is 0 Å². The lowest BCUT2D eigenvalue weighted by molar-refractivity contribution is 0.380. The molecule has 0 atom stereocenters. The summed E-state index contributed by atoms with van der Waals surface area (Å²) in [7, 11) is 1.52. The van der Waals surface area contributed by atoms with Crippen molar-refractivity contribution >= 4 is 5.82 Å². The molecule has 0 aliphatic carbocycles. The molecule has 1 heterocycles. The van der Waals surface area contributed by atoms with E-state index in [1.807, 2.05) is 0 Å². The van der Waals surface area contributed by atoms with Gasteiger partial charge in [-0.3, -0.25) is 0 Å². The maximum Gasteiger partial charge on any atom is 0.218 e. The maximum absolute atomic E-state index is 9.64. The molecule has 0 spiro atoms. The highest BCUT2D eigenvalue weighted by Gasteiger charge is 2.10. The number of rotatable bonds is 2. The normalized spacial score (nSPS) is 10.2. The Morgan fingerprint density at radius 2 is 2.13 bits per heavy atom. The van der Waals surface area contributed by atoms with E-state index in [1.165, 1.54) is 11.8 Å². The highest BCUT2D eigenvalue weighted by Crippen LogP contribution is 2.26. The molecule has 0 aliphatic heterocycles. The molecule has 1 aromatic carbocycles. The van der Waals surface area contributed by atoms with Crippen molar-refractivity contribution in [3.63, 3.8) is 0 Å². The summed E-state index contributed by atoms with van der Waals surface area (Å²) < 4.78 is 6.53. The molecule has 78 valence electrons. The van der Waals surface area contributed by atoms with Gasteiger partial charge in [0, 0.05) is 6.07 Å². The number of nitrogens with two attached hydrogens (primary N) is 1. The highest BCUT2D eigenvalue weighted by atomic mass is 16.5. The number of aromatic nitrogens is 2. The molecule has 2 rings (SSSR count). The molecule has 0 aliphatic rings. The maximum atomic E-state index is 9.64. The number of phenolic OH excluding ortho intramolecular Hbond substituents is 1. The van der Waals surface area contributed by atoms with Gasteiger partial charge in [-0.05, 0) is 12.1 Å². The molecule has 0 saturated heterocycles. The first-order valence-electron chi connectivity index (χ1n) is 4.40. The van der Waals surface area contributed by atoms with Crippen molar-refractivity contribution in [2.24, 2.45) is 0 Å². The third kappa shape index (κ3) is 1.59. The van der Waals surface area contributed by atoms with Crippen molar-refractivity contribution in [2.45, 2.75) is 0 Å². The van der Waals surface area contributed by atoms with Crippen molar-refractivity contribution in [1.29, 1.82) is 0 Å². The Balaban J connectivity index is 2.58. The third-order valence-electron chi connectivity index (χ3n) is 2.01. The Morgan fingerprint density at radius 1 is 1.40 bits per heavy atom. The van der Waals surface area contributed by atoms with Gasteiger partial charge in [0.05, 0.1) is 7.11 Å². The van der Waals surface area contributed by atoms with Crippen LogP contribution in [0.5, 0.6) is 11.6 Å². The van der Waals surface area contributed by atoms with Crippen LogP contribution in [0.3, 0.4) is 0 Å². The van der Waals surface area contributed by atoms with Gasteiger partial charge < -0.3 is 15.6 Å². The molecule has 5 heteroatoms. The zero-order chi connectivity index (χ0) is 10.8. The van der Waals surface area contributed by atoms with Crippen LogP contribution in [0.25, 0.3) is 5.69 Å². The number of phenols is 1. The summed E-state index contributed by atoms with van der Waals surface area (Å²) in [5, 5.41) is 13.7. The monoisotopic (exact) mass is 205 g/mol. The molecule has 2 aromatic rings. The highest BCUT2D eigenvalue weighted by molar-refractivity contribution is 5.49. The largest absolute Gasteiger partial charge is 0.506 e. The number of anilines is 1. The molecule has 1 aromatic heterocycles. The van der Waals surface area contributed by atoms with Crippen LogP contribution in [0, 0.1) is 0 Å². The van der Waals surface area contributed by atoms with Crippen LogP contribution in [0.1, 0.15) is 0 Å². The fourth-order valence-electron chi connectivity index (χ4n) is 1.34. The van der Waals surface area contributed by atoms with Crippen LogP contribution < -0.4 is 10.5 Å². The Hall–Kier alpha value is -2.17. The van der Waals surface area contributed by atoms with E-state index in [4.69, 9.17) is 10.5 Å². The number of methoxy groups -OCH3 is 1. The lowest BCUT2D eigenvalue weighted by atomic mass is 10.3. The molecule has 0 bridgehead atoms. The van der Waals surface area contributed by atoms with E-state index >= 15 is 0 Å². The van der Waals surface area contributed by atoms with E-state index in [1.54, 1.807) is 30.3 Å². The average Bonchev–Trinajstić information content (AvgIpc) is 2.60. The number of aromatic hydroxyl groups is 1. The van der Waals surface area contributed by atoms with E-state index < -0.39 is 0 Å². The van der Waals surface area contributed by atoms with Gasteiger partial charge in [-0.2, -0.15) is 4.68 Å². The molecule has 0 saturated carbocycles. The third-order valence-corrected chi connectivity index (χ3v) is 2.01. The molecule has 15 heavy (non-hydrogen) atoms. The van der Waals surface area contributed by atoms with Gasteiger partial charge in [0.25, 0.3) is 0 Å². The summed E-state index contributed by atoms with van der Waals surface area (Å²) in [6, 6.07) is 8.42. The smallest absolute Gasteiger partial charge is 0.218 e. The first kappa shape index (κ1) is 9.39.